The third kappa shape index (κ3) is 3.97. The molecule has 0 saturated carbocycles. The molecule has 6 heteroatoms. The van der Waals surface area contributed by atoms with Crippen molar-refractivity contribution in [2.45, 2.75) is 13.0 Å². The molecule has 4 nitrogen and oxygen atoms in total. The summed E-state index contributed by atoms with van der Waals surface area (Å²) in [5.74, 6) is 1.19. The summed E-state index contributed by atoms with van der Waals surface area (Å²) in [4.78, 5) is 14.4. The molecule has 0 aromatic heterocycles. The highest BCUT2D eigenvalue weighted by atomic mass is 35.5. The number of benzene rings is 1. The second-order valence-corrected chi connectivity index (χ2v) is 6.21. The number of halogens is 2. The quantitative estimate of drug-likeness (QED) is 0.882. The smallest absolute Gasteiger partial charge is 0.234 e. The van der Waals surface area contributed by atoms with Crippen LogP contribution in [0.5, 0.6) is 0 Å². The monoisotopic (exact) mass is 327 g/mol. The molecular formula is C16H23ClFN3O. The maximum Gasteiger partial charge on any atom is 0.234 e. The summed E-state index contributed by atoms with van der Waals surface area (Å²) in [7, 11) is 0. The average Bonchev–Trinajstić information content (AvgIpc) is 3.00. The molecule has 2 fully saturated rings. The first kappa shape index (κ1) is 17.2. The SMILES string of the molecule is CC(NC(=O)CN1C[C@H]2CNC[C@H]2C1)c1ccc(F)cc1.Cl. The van der Waals surface area contributed by atoms with Crippen molar-refractivity contribution in [2.24, 2.45) is 11.8 Å². The Morgan fingerprint density at radius 1 is 1.32 bits per heavy atom. The Morgan fingerprint density at radius 3 is 2.50 bits per heavy atom. The molecule has 2 aliphatic rings. The van der Waals surface area contributed by atoms with Gasteiger partial charge in [-0.2, -0.15) is 0 Å². The summed E-state index contributed by atoms with van der Waals surface area (Å²) in [6.45, 7) is 6.56. The number of fused-ring (bicyclic) bond motifs is 1. The Kier molecular flexibility index (Phi) is 5.78. The lowest BCUT2D eigenvalue weighted by atomic mass is 10.0. The minimum absolute atomic E-state index is 0. The van der Waals surface area contributed by atoms with Crippen LogP contribution in [0.3, 0.4) is 0 Å². The molecule has 1 aromatic rings. The van der Waals surface area contributed by atoms with E-state index >= 15 is 0 Å². The van der Waals surface area contributed by atoms with E-state index in [1.807, 2.05) is 6.92 Å². The first-order valence-electron chi connectivity index (χ1n) is 7.59. The van der Waals surface area contributed by atoms with Crippen molar-refractivity contribution in [1.29, 1.82) is 0 Å². The fraction of sp³-hybridized carbons (Fsp3) is 0.562. The molecule has 0 spiro atoms. The van der Waals surface area contributed by atoms with Gasteiger partial charge in [-0.05, 0) is 49.5 Å². The van der Waals surface area contributed by atoms with Gasteiger partial charge < -0.3 is 10.6 Å². The van der Waals surface area contributed by atoms with E-state index in [1.54, 1.807) is 12.1 Å². The van der Waals surface area contributed by atoms with Gasteiger partial charge in [0.15, 0.2) is 0 Å². The van der Waals surface area contributed by atoms with Crippen molar-refractivity contribution < 1.29 is 9.18 Å². The maximum absolute atomic E-state index is 12.9. The predicted molar refractivity (Wildman–Crippen MR) is 86.5 cm³/mol. The van der Waals surface area contributed by atoms with Crippen LogP contribution in [-0.2, 0) is 4.79 Å². The molecule has 1 aromatic carbocycles. The van der Waals surface area contributed by atoms with Gasteiger partial charge in [0.05, 0.1) is 12.6 Å². The van der Waals surface area contributed by atoms with E-state index in [0.717, 1.165) is 31.7 Å². The van der Waals surface area contributed by atoms with Gasteiger partial charge in [0.25, 0.3) is 0 Å². The van der Waals surface area contributed by atoms with Crippen molar-refractivity contribution >= 4 is 18.3 Å². The summed E-state index contributed by atoms with van der Waals surface area (Å²) < 4.78 is 12.9. The van der Waals surface area contributed by atoms with Crippen molar-refractivity contribution in [2.75, 3.05) is 32.7 Å². The van der Waals surface area contributed by atoms with E-state index < -0.39 is 0 Å². The van der Waals surface area contributed by atoms with Crippen LogP contribution in [-0.4, -0.2) is 43.5 Å². The average molecular weight is 328 g/mol. The van der Waals surface area contributed by atoms with Gasteiger partial charge in [0.2, 0.25) is 5.91 Å². The van der Waals surface area contributed by atoms with E-state index in [4.69, 9.17) is 0 Å². The summed E-state index contributed by atoms with van der Waals surface area (Å²) in [5.41, 5.74) is 0.923. The lowest BCUT2D eigenvalue weighted by Gasteiger charge is -2.19. The van der Waals surface area contributed by atoms with E-state index in [9.17, 15) is 9.18 Å². The van der Waals surface area contributed by atoms with Crippen molar-refractivity contribution in [3.05, 3.63) is 35.6 Å². The van der Waals surface area contributed by atoms with Crippen LogP contribution in [0.4, 0.5) is 4.39 Å². The Balaban J connectivity index is 0.00000176. The Morgan fingerprint density at radius 2 is 1.91 bits per heavy atom. The summed E-state index contributed by atoms with van der Waals surface area (Å²) in [6, 6.07) is 6.18. The van der Waals surface area contributed by atoms with Gasteiger partial charge in [-0.1, -0.05) is 12.1 Å². The van der Waals surface area contributed by atoms with E-state index in [2.05, 4.69) is 15.5 Å². The Hall–Kier alpha value is -1.17. The second-order valence-electron chi connectivity index (χ2n) is 6.21. The van der Waals surface area contributed by atoms with Gasteiger partial charge in [-0.25, -0.2) is 4.39 Å². The lowest BCUT2D eigenvalue weighted by molar-refractivity contribution is -0.122. The first-order chi connectivity index (χ1) is 10.1. The molecular weight excluding hydrogens is 305 g/mol. The molecule has 1 unspecified atom stereocenters. The predicted octanol–water partition coefficient (Wildman–Crippen LogP) is 1.58. The van der Waals surface area contributed by atoms with E-state index in [-0.39, 0.29) is 30.2 Å². The van der Waals surface area contributed by atoms with Crippen LogP contribution in [0.1, 0.15) is 18.5 Å². The van der Waals surface area contributed by atoms with E-state index in [0.29, 0.717) is 18.4 Å². The number of rotatable bonds is 4. The normalized spacial score (nSPS) is 25.4. The summed E-state index contributed by atoms with van der Waals surface area (Å²) >= 11 is 0. The zero-order chi connectivity index (χ0) is 14.8. The van der Waals surface area contributed by atoms with Gasteiger partial charge >= 0.3 is 0 Å². The third-order valence-electron chi connectivity index (χ3n) is 4.58. The molecule has 0 aliphatic carbocycles. The standard InChI is InChI=1S/C16H22FN3O.ClH/c1-11(12-2-4-15(17)5-3-12)19-16(21)10-20-8-13-6-18-7-14(13)9-20;/h2-5,11,13-14,18H,6-10H2,1H3,(H,19,21);1H/t11?,13-,14+;. The zero-order valence-electron chi connectivity index (χ0n) is 12.7. The fourth-order valence-corrected chi connectivity index (χ4v) is 3.41. The summed E-state index contributed by atoms with van der Waals surface area (Å²) in [5, 5.41) is 6.39. The molecule has 3 rings (SSSR count). The minimum atomic E-state index is -0.255. The fourth-order valence-electron chi connectivity index (χ4n) is 3.41. The molecule has 2 N–H and O–H groups in total. The number of amides is 1. The van der Waals surface area contributed by atoms with Gasteiger partial charge in [0, 0.05) is 13.1 Å². The number of hydrogen-bond acceptors (Lipinski definition) is 3. The highest BCUT2D eigenvalue weighted by Gasteiger charge is 2.36. The highest BCUT2D eigenvalue weighted by molar-refractivity contribution is 5.85. The largest absolute Gasteiger partial charge is 0.348 e. The topological polar surface area (TPSA) is 44.4 Å². The number of carbonyl (C=O) groups excluding carboxylic acids is 1. The molecule has 2 saturated heterocycles. The molecule has 22 heavy (non-hydrogen) atoms. The molecule has 3 atom stereocenters. The number of hydrogen-bond donors (Lipinski definition) is 2. The third-order valence-corrected chi connectivity index (χ3v) is 4.58. The maximum atomic E-state index is 12.9. The molecule has 0 bridgehead atoms. The number of nitrogens with one attached hydrogen (secondary N) is 2. The molecule has 122 valence electrons. The number of likely N-dealkylation sites (tertiary alicyclic amines) is 1. The van der Waals surface area contributed by atoms with Crippen LogP contribution < -0.4 is 10.6 Å². The van der Waals surface area contributed by atoms with Crippen molar-refractivity contribution in [3.8, 4) is 0 Å². The minimum Gasteiger partial charge on any atom is -0.348 e. The van der Waals surface area contributed by atoms with Gasteiger partial charge in [0.1, 0.15) is 5.82 Å². The Labute approximate surface area is 136 Å². The number of nitrogens with zero attached hydrogens (tertiary/aromatic N) is 1. The van der Waals surface area contributed by atoms with Crippen LogP contribution in [0.15, 0.2) is 24.3 Å². The Bertz CT molecular complexity index is 499. The van der Waals surface area contributed by atoms with Crippen molar-refractivity contribution in [1.82, 2.24) is 15.5 Å². The van der Waals surface area contributed by atoms with Crippen LogP contribution >= 0.6 is 12.4 Å². The first-order valence-corrected chi connectivity index (χ1v) is 7.59. The van der Waals surface area contributed by atoms with E-state index in [1.165, 1.54) is 12.1 Å². The second kappa shape index (κ2) is 7.40. The molecule has 1 amide bonds. The zero-order valence-corrected chi connectivity index (χ0v) is 13.5. The lowest BCUT2D eigenvalue weighted by Crippen LogP contribution is -2.38. The summed E-state index contributed by atoms with van der Waals surface area (Å²) in [6.07, 6.45) is 0. The van der Waals surface area contributed by atoms with Crippen LogP contribution in [0.2, 0.25) is 0 Å². The van der Waals surface area contributed by atoms with Gasteiger partial charge in [-0.15, -0.1) is 12.4 Å². The van der Waals surface area contributed by atoms with Crippen LogP contribution in [0.25, 0.3) is 0 Å². The molecule has 0 radical (unpaired) electrons. The van der Waals surface area contributed by atoms with Gasteiger partial charge in [-0.3, -0.25) is 9.69 Å². The van der Waals surface area contributed by atoms with Crippen molar-refractivity contribution in [3.63, 3.8) is 0 Å². The number of carbonyl (C=O) groups is 1. The molecule has 2 aliphatic heterocycles. The highest BCUT2D eigenvalue weighted by Crippen LogP contribution is 2.25. The molecule has 2 heterocycles. The van der Waals surface area contributed by atoms with Crippen LogP contribution in [0, 0.1) is 17.7 Å².